The second-order valence-electron chi connectivity index (χ2n) is 3.74. The summed E-state index contributed by atoms with van der Waals surface area (Å²) in [6.45, 7) is 1.44. The van der Waals surface area contributed by atoms with Gasteiger partial charge in [-0.1, -0.05) is 28.1 Å². The number of carboxylic acids is 1. The molecule has 16 heavy (non-hydrogen) atoms. The average molecular weight is 285 g/mol. The van der Waals surface area contributed by atoms with Gasteiger partial charge in [0.25, 0.3) is 0 Å². The molecule has 86 valence electrons. The average Bonchev–Trinajstić information content (AvgIpc) is 2.19. The van der Waals surface area contributed by atoms with Crippen LogP contribution >= 0.6 is 15.9 Å². The summed E-state index contributed by atoms with van der Waals surface area (Å²) in [4.78, 5) is 21.9. The minimum atomic E-state index is -0.933. The van der Waals surface area contributed by atoms with Gasteiger partial charge in [-0.05, 0) is 31.0 Å². The van der Waals surface area contributed by atoms with E-state index in [1.54, 1.807) is 0 Å². The maximum absolute atomic E-state index is 11.3. The molecule has 0 spiro atoms. The van der Waals surface area contributed by atoms with Crippen molar-refractivity contribution < 1.29 is 14.7 Å². The molecule has 1 aromatic carbocycles. The van der Waals surface area contributed by atoms with E-state index in [9.17, 15) is 9.59 Å². The van der Waals surface area contributed by atoms with Crippen molar-refractivity contribution >= 4 is 27.7 Å². The van der Waals surface area contributed by atoms with Crippen molar-refractivity contribution in [3.63, 3.8) is 0 Å². The number of halogens is 1. The molecule has 1 aromatic rings. The number of carboxylic acid groups (broad SMARTS) is 1. The van der Waals surface area contributed by atoms with Crippen LogP contribution in [0.15, 0.2) is 28.7 Å². The van der Waals surface area contributed by atoms with Crippen LogP contribution in [-0.4, -0.2) is 16.9 Å². The Morgan fingerprint density at radius 3 is 2.31 bits per heavy atom. The number of carbonyl (C=O) groups is 2. The Balaban J connectivity index is 2.71. The molecule has 1 N–H and O–H groups in total. The van der Waals surface area contributed by atoms with Crippen LogP contribution in [0.2, 0.25) is 0 Å². The monoisotopic (exact) mass is 284 g/mol. The van der Waals surface area contributed by atoms with Gasteiger partial charge < -0.3 is 5.11 Å². The predicted molar refractivity (Wildman–Crippen MR) is 64.3 cm³/mol. The summed E-state index contributed by atoms with van der Waals surface area (Å²) in [5.74, 6) is -1.44. The largest absolute Gasteiger partial charge is 0.481 e. The molecule has 0 radical (unpaired) electrons. The van der Waals surface area contributed by atoms with Gasteiger partial charge in [-0.15, -0.1) is 0 Å². The highest BCUT2D eigenvalue weighted by molar-refractivity contribution is 9.10. The van der Waals surface area contributed by atoms with E-state index in [0.29, 0.717) is 6.42 Å². The molecule has 0 bridgehead atoms. The zero-order valence-electron chi connectivity index (χ0n) is 8.94. The number of benzene rings is 1. The molecule has 1 atom stereocenters. The molecule has 1 unspecified atom stereocenters. The molecule has 0 fully saturated rings. The summed E-state index contributed by atoms with van der Waals surface area (Å²) in [6, 6.07) is 7.55. The third-order valence-electron chi connectivity index (χ3n) is 2.39. The molecule has 0 amide bonds. The molecule has 0 aliphatic carbocycles. The van der Waals surface area contributed by atoms with Crippen molar-refractivity contribution in [2.75, 3.05) is 0 Å². The Bertz CT molecular complexity index is 384. The number of rotatable bonds is 5. The van der Waals surface area contributed by atoms with Gasteiger partial charge in [0, 0.05) is 10.4 Å². The lowest BCUT2D eigenvalue weighted by molar-refractivity contribution is -0.140. The fourth-order valence-electron chi connectivity index (χ4n) is 1.48. The summed E-state index contributed by atoms with van der Waals surface area (Å²) < 4.78 is 0.967. The molecule has 4 heteroatoms. The van der Waals surface area contributed by atoms with Crippen LogP contribution in [0, 0.1) is 5.92 Å². The Morgan fingerprint density at radius 2 is 1.88 bits per heavy atom. The van der Waals surface area contributed by atoms with E-state index in [4.69, 9.17) is 5.11 Å². The Kier molecular flexibility index (Phi) is 4.68. The highest BCUT2D eigenvalue weighted by Gasteiger charge is 2.18. The highest BCUT2D eigenvalue weighted by Crippen LogP contribution is 2.16. The Labute approximate surface area is 103 Å². The second kappa shape index (κ2) is 5.80. The van der Waals surface area contributed by atoms with Crippen LogP contribution in [-0.2, 0) is 16.0 Å². The van der Waals surface area contributed by atoms with Crippen LogP contribution in [0.25, 0.3) is 0 Å². The smallest absolute Gasteiger partial charge is 0.304 e. The van der Waals surface area contributed by atoms with E-state index in [-0.39, 0.29) is 12.2 Å². The molecular weight excluding hydrogens is 272 g/mol. The van der Waals surface area contributed by atoms with Gasteiger partial charge in [0.2, 0.25) is 0 Å². The molecule has 3 nitrogen and oxygen atoms in total. The SMILES string of the molecule is CC(=O)C(CC(=O)O)Cc1ccc(Br)cc1. The van der Waals surface area contributed by atoms with Crippen molar-refractivity contribution in [3.05, 3.63) is 34.3 Å². The summed E-state index contributed by atoms with van der Waals surface area (Å²) in [7, 11) is 0. The maximum atomic E-state index is 11.3. The molecule has 1 rings (SSSR count). The first-order chi connectivity index (χ1) is 7.49. The summed E-state index contributed by atoms with van der Waals surface area (Å²) in [5, 5.41) is 8.70. The molecule has 0 aliphatic rings. The lowest BCUT2D eigenvalue weighted by Crippen LogP contribution is -2.18. The highest BCUT2D eigenvalue weighted by atomic mass is 79.9. The molecule has 0 aromatic heterocycles. The van der Waals surface area contributed by atoms with E-state index < -0.39 is 11.9 Å². The molecule has 0 saturated carbocycles. The van der Waals surface area contributed by atoms with Gasteiger partial charge in [0.15, 0.2) is 0 Å². The van der Waals surface area contributed by atoms with E-state index in [0.717, 1.165) is 10.0 Å². The van der Waals surface area contributed by atoms with Crippen molar-refractivity contribution in [3.8, 4) is 0 Å². The number of Topliss-reactive ketones (excluding diaryl/α,β-unsaturated/α-hetero) is 1. The van der Waals surface area contributed by atoms with Crippen molar-refractivity contribution in [1.29, 1.82) is 0 Å². The molecule has 0 aliphatic heterocycles. The van der Waals surface area contributed by atoms with E-state index in [2.05, 4.69) is 15.9 Å². The van der Waals surface area contributed by atoms with Gasteiger partial charge in [-0.2, -0.15) is 0 Å². The second-order valence-corrected chi connectivity index (χ2v) is 4.65. The van der Waals surface area contributed by atoms with Gasteiger partial charge in [-0.3, -0.25) is 9.59 Å². The Hall–Kier alpha value is -1.16. The number of aliphatic carboxylic acids is 1. The first kappa shape index (κ1) is 12.9. The third-order valence-corrected chi connectivity index (χ3v) is 2.92. The number of ketones is 1. The fraction of sp³-hybridized carbons (Fsp3) is 0.333. The third kappa shape index (κ3) is 4.14. The van der Waals surface area contributed by atoms with Gasteiger partial charge >= 0.3 is 5.97 Å². The van der Waals surface area contributed by atoms with Crippen LogP contribution < -0.4 is 0 Å². The lowest BCUT2D eigenvalue weighted by atomic mass is 9.93. The van der Waals surface area contributed by atoms with Gasteiger partial charge in [0.1, 0.15) is 5.78 Å². The number of hydrogen-bond donors (Lipinski definition) is 1. The topological polar surface area (TPSA) is 54.4 Å². The standard InChI is InChI=1S/C12H13BrO3/c1-8(14)10(7-12(15)16)6-9-2-4-11(13)5-3-9/h2-5,10H,6-7H2,1H3,(H,15,16). The lowest BCUT2D eigenvalue weighted by Gasteiger charge is -2.11. The fourth-order valence-corrected chi connectivity index (χ4v) is 1.74. The zero-order chi connectivity index (χ0) is 12.1. The van der Waals surface area contributed by atoms with E-state index in [1.165, 1.54) is 6.92 Å². The Morgan fingerprint density at radius 1 is 1.31 bits per heavy atom. The molecule has 0 saturated heterocycles. The van der Waals surface area contributed by atoms with Crippen LogP contribution in [0.5, 0.6) is 0 Å². The number of hydrogen-bond acceptors (Lipinski definition) is 2. The van der Waals surface area contributed by atoms with Crippen LogP contribution in [0.4, 0.5) is 0 Å². The van der Waals surface area contributed by atoms with E-state index in [1.807, 2.05) is 24.3 Å². The van der Waals surface area contributed by atoms with Crippen LogP contribution in [0.1, 0.15) is 18.9 Å². The van der Waals surface area contributed by atoms with Crippen molar-refractivity contribution in [2.45, 2.75) is 19.8 Å². The summed E-state index contributed by atoms with van der Waals surface area (Å²) in [6.07, 6.45) is 0.375. The van der Waals surface area contributed by atoms with Crippen LogP contribution in [0.3, 0.4) is 0 Å². The summed E-state index contributed by atoms with van der Waals surface area (Å²) in [5.41, 5.74) is 0.977. The number of carbonyl (C=O) groups excluding carboxylic acids is 1. The maximum Gasteiger partial charge on any atom is 0.304 e. The van der Waals surface area contributed by atoms with Gasteiger partial charge in [-0.25, -0.2) is 0 Å². The van der Waals surface area contributed by atoms with E-state index >= 15 is 0 Å². The zero-order valence-corrected chi connectivity index (χ0v) is 10.5. The molecular formula is C12H13BrO3. The van der Waals surface area contributed by atoms with Crippen molar-refractivity contribution in [1.82, 2.24) is 0 Å². The first-order valence-corrected chi connectivity index (χ1v) is 5.75. The predicted octanol–water partition coefficient (Wildman–Crippen LogP) is 2.67. The summed E-state index contributed by atoms with van der Waals surface area (Å²) >= 11 is 3.32. The minimum absolute atomic E-state index is 0.0784. The van der Waals surface area contributed by atoms with Gasteiger partial charge in [0.05, 0.1) is 6.42 Å². The first-order valence-electron chi connectivity index (χ1n) is 4.95. The normalized spacial score (nSPS) is 12.1. The molecule has 0 heterocycles. The minimum Gasteiger partial charge on any atom is -0.481 e. The quantitative estimate of drug-likeness (QED) is 0.904. The van der Waals surface area contributed by atoms with Crippen molar-refractivity contribution in [2.24, 2.45) is 5.92 Å².